The van der Waals surface area contributed by atoms with Gasteiger partial charge in [-0.15, -0.1) is 0 Å². The standard InChI is InChI=1S/C8H14O4.K.Li/c1-4-8(5(2)3,6(9)10)7(11)12;;/h5H,4H2,1-3H3,(H,9,10)(H,11,12);;/q;2*+1/p-2. The van der Waals surface area contributed by atoms with E-state index < -0.39 is 23.3 Å². The van der Waals surface area contributed by atoms with Crippen LogP contribution in [0, 0.1) is 11.3 Å². The maximum atomic E-state index is 10.6. The van der Waals surface area contributed by atoms with Crippen LogP contribution < -0.4 is 80.5 Å². The molecule has 0 rings (SSSR count). The molecule has 0 aromatic heterocycles. The third kappa shape index (κ3) is 3.97. The molecule has 0 amide bonds. The smallest absolute Gasteiger partial charge is 0.549 e. The minimum absolute atomic E-state index is 0. The maximum absolute atomic E-state index is 10.6. The van der Waals surface area contributed by atoms with E-state index >= 15 is 0 Å². The third-order valence-corrected chi connectivity index (χ3v) is 2.27. The van der Waals surface area contributed by atoms with Crippen molar-refractivity contribution in [2.45, 2.75) is 27.2 Å². The molecule has 0 atom stereocenters. The average molecular weight is 218 g/mol. The van der Waals surface area contributed by atoms with Crippen LogP contribution in [0.1, 0.15) is 27.2 Å². The molecule has 0 spiro atoms. The first kappa shape index (κ1) is 20.6. The Morgan fingerprint density at radius 2 is 1.50 bits per heavy atom. The van der Waals surface area contributed by atoms with E-state index in [9.17, 15) is 19.8 Å². The van der Waals surface area contributed by atoms with Gasteiger partial charge in [0.1, 0.15) is 0 Å². The summed E-state index contributed by atoms with van der Waals surface area (Å²) in [5, 5.41) is 21.2. The number of carbonyl (C=O) groups excluding carboxylic acids is 2. The van der Waals surface area contributed by atoms with Crippen molar-refractivity contribution < 1.29 is 90.0 Å². The molecule has 4 nitrogen and oxygen atoms in total. The van der Waals surface area contributed by atoms with Gasteiger partial charge in [-0.25, -0.2) is 0 Å². The van der Waals surface area contributed by atoms with Crippen LogP contribution in [0.25, 0.3) is 0 Å². The molecule has 0 radical (unpaired) electrons. The Kier molecular flexibility index (Phi) is 12.3. The predicted octanol–water partition coefficient (Wildman–Crippen LogP) is -7.45. The Morgan fingerprint density at radius 1 is 1.21 bits per heavy atom. The summed E-state index contributed by atoms with van der Waals surface area (Å²) < 4.78 is 0. The zero-order valence-electron chi connectivity index (χ0n) is 9.42. The number of hydrogen-bond acceptors (Lipinski definition) is 4. The van der Waals surface area contributed by atoms with Crippen molar-refractivity contribution in [3.05, 3.63) is 0 Å². The normalized spacial score (nSPS) is 10.0. The fourth-order valence-corrected chi connectivity index (χ4v) is 1.25. The van der Waals surface area contributed by atoms with Crippen molar-refractivity contribution in [3.8, 4) is 0 Å². The van der Waals surface area contributed by atoms with Crippen molar-refractivity contribution in [1.29, 1.82) is 0 Å². The van der Waals surface area contributed by atoms with Crippen molar-refractivity contribution in [3.63, 3.8) is 0 Å². The van der Waals surface area contributed by atoms with Gasteiger partial charge in [0.05, 0.1) is 17.4 Å². The Balaban J connectivity index is -0.000000605. The van der Waals surface area contributed by atoms with Gasteiger partial charge in [0.25, 0.3) is 0 Å². The number of carboxylic acid groups (broad SMARTS) is 2. The number of carbonyl (C=O) groups is 2. The Bertz CT molecular complexity index is 192. The van der Waals surface area contributed by atoms with Gasteiger partial charge >= 0.3 is 70.2 Å². The van der Waals surface area contributed by atoms with E-state index in [1.54, 1.807) is 0 Å². The molecular formula is C8H12KLiO4. The predicted molar refractivity (Wildman–Crippen MR) is 37.6 cm³/mol. The summed E-state index contributed by atoms with van der Waals surface area (Å²) >= 11 is 0. The molecule has 0 aliphatic heterocycles. The average Bonchev–Trinajstić information content (AvgIpc) is 1.86. The third-order valence-electron chi connectivity index (χ3n) is 2.27. The first-order chi connectivity index (χ1) is 5.39. The molecule has 0 saturated carbocycles. The van der Waals surface area contributed by atoms with Gasteiger partial charge in [-0.1, -0.05) is 20.8 Å². The summed E-state index contributed by atoms with van der Waals surface area (Å²) in [5.74, 6) is -3.67. The number of hydrogen-bond donors (Lipinski definition) is 0. The fraction of sp³-hybridized carbons (Fsp3) is 0.750. The van der Waals surface area contributed by atoms with E-state index in [-0.39, 0.29) is 76.7 Å². The molecule has 0 aliphatic rings. The largest absolute Gasteiger partial charge is 1.00 e. The van der Waals surface area contributed by atoms with E-state index in [0.717, 1.165) is 0 Å². The van der Waals surface area contributed by atoms with Crippen LogP contribution in [0.15, 0.2) is 0 Å². The van der Waals surface area contributed by atoms with Crippen LogP contribution in [-0.2, 0) is 9.59 Å². The number of rotatable bonds is 4. The van der Waals surface area contributed by atoms with E-state index in [4.69, 9.17) is 0 Å². The molecule has 0 N–H and O–H groups in total. The summed E-state index contributed by atoms with van der Waals surface area (Å²) in [6.45, 7) is 4.54. The van der Waals surface area contributed by atoms with E-state index in [2.05, 4.69) is 0 Å². The monoisotopic (exact) mass is 218 g/mol. The Labute approximate surface area is 138 Å². The molecule has 0 unspecified atom stereocenters. The molecule has 0 aromatic rings. The first-order valence-corrected chi connectivity index (χ1v) is 3.82. The van der Waals surface area contributed by atoms with Crippen LogP contribution in [-0.4, -0.2) is 11.9 Å². The van der Waals surface area contributed by atoms with Gasteiger partial charge in [0.15, 0.2) is 0 Å². The second-order valence-corrected chi connectivity index (χ2v) is 3.05. The molecule has 14 heavy (non-hydrogen) atoms. The van der Waals surface area contributed by atoms with Crippen molar-refractivity contribution in [1.82, 2.24) is 0 Å². The topological polar surface area (TPSA) is 80.3 Å². The van der Waals surface area contributed by atoms with E-state index in [0.29, 0.717) is 0 Å². The van der Waals surface area contributed by atoms with Crippen LogP contribution in [0.5, 0.6) is 0 Å². The van der Waals surface area contributed by atoms with Gasteiger partial charge in [-0.05, 0) is 12.3 Å². The molecule has 6 heteroatoms. The minimum atomic E-state index is -1.85. The Hall–Kier alpha value is 1.17. The van der Waals surface area contributed by atoms with Crippen LogP contribution in [0.2, 0.25) is 0 Å². The Morgan fingerprint density at radius 3 is 1.50 bits per heavy atom. The van der Waals surface area contributed by atoms with Gasteiger partial charge in [0.2, 0.25) is 0 Å². The van der Waals surface area contributed by atoms with Gasteiger partial charge in [-0.3, -0.25) is 0 Å². The summed E-state index contributed by atoms with van der Waals surface area (Å²) in [6.07, 6.45) is -0.0185. The van der Waals surface area contributed by atoms with Gasteiger partial charge < -0.3 is 19.8 Å². The summed E-state index contributed by atoms with van der Waals surface area (Å²) in [7, 11) is 0. The first-order valence-electron chi connectivity index (χ1n) is 3.82. The molecular weight excluding hydrogens is 206 g/mol. The molecule has 0 saturated heterocycles. The minimum Gasteiger partial charge on any atom is -0.549 e. The molecule has 0 fully saturated rings. The quantitative estimate of drug-likeness (QED) is 0.347. The summed E-state index contributed by atoms with van der Waals surface area (Å²) in [4.78, 5) is 21.2. The van der Waals surface area contributed by atoms with Gasteiger partial charge in [0, 0.05) is 0 Å². The van der Waals surface area contributed by atoms with Crippen molar-refractivity contribution >= 4 is 11.9 Å². The molecule has 0 heterocycles. The molecule has 0 aromatic carbocycles. The SMILES string of the molecule is CCC(C(=O)[O-])(C(=O)[O-])C(C)C.[K+].[Li+]. The maximum Gasteiger partial charge on any atom is 1.00 e. The molecule has 0 aliphatic carbocycles. The van der Waals surface area contributed by atoms with Crippen LogP contribution in [0.3, 0.4) is 0 Å². The number of aliphatic carboxylic acids is 2. The second kappa shape index (κ2) is 8.34. The van der Waals surface area contributed by atoms with Gasteiger partial charge in [-0.2, -0.15) is 0 Å². The van der Waals surface area contributed by atoms with Crippen LogP contribution in [0.4, 0.5) is 0 Å². The molecule has 70 valence electrons. The fourth-order valence-electron chi connectivity index (χ4n) is 1.25. The zero-order valence-corrected chi connectivity index (χ0v) is 12.5. The molecule has 0 bridgehead atoms. The number of carboxylic acids is 2. The van der Waals surface area contributed by atoms with E-state index in [1.165, 1.54) is 20.8 Å². The van der Waals surface area contributed by atoms with E-state index in [1.807, 2.05) is 0 Å². The second-order valence-electron chi connectivity index (χ2n) is 3.05. The summed E-state index contributed by atoms with van der Waals surface area (Å²) in [5.41, 5.74) is -1.85. The van der Waals surface area contributed by atoms with Crippen LogP contribution >= 0.6 is 0 Å². The zero-order chi connectivity index (χ0) is 9.94. The van der Waals surface area contributed by atoms with Crippen molar-refractivity contribution in [2.75, 3.05) is 0 Å². The summed E-state index contributed by atoms with van der Waals surface area (Å²) in [6, 6.07) is 0. The van der Waals surface area contributed by atoms with Crippen molar-refractivity contribution in [2.24, 2.45) is 11.3 Å².